The van der Waals surface area contributed by atoms with Crippen molar-refractivity contribution in [2.75, 3.05) is 0 Å². The van der Waals surface area contributed by atoms with Gasteiger partial charge in [-0.05, 0) is 12.3 Å². The van der Waals surface area contributed by atoms with Crippen molar-refractivity contribution in [2.45, 2.75) is 38.5 Å². The van der Waals surface area contributed by atoms with Crippen LogP contribution in [0.5, 0.6) is 0 Å². The summed E-state index contributed by atoms with van der Waals surface area (Å²) in [6.07, 6.45) is -1.40. The maximum atomic E-state index is 12.1. The molecule has 1 aliphatic heterocycles. The summed E-state index contributed by atoms with van der Waals surface area (Å²) >= 11 is 0. The highest BCUT2D eigenvalue weighted by molar-refractivity contribution is 6.06. The van der Waals surface area contributed by atoms with E-state index in [4.69, 9.17) is 9.84 Å². The Morgan fingerprint density at radius 2 is 1.82 bits per heavy atom. The van der Waals surface area contributed by atoms with Gasteiger partial charge in [0.25, 0.3) is 5.91 Å². The molecule has 22 heavy (non-hydrogen) atoms. The quantitative estimate of drug-likeness (QED) is 0.584. The van der Waals surface area contributed by atoms with Crippen molar-refractivity contribution in [1.82, 2.24) is 5.32 Å². The van der Waals surface area contributed by atoms with Crippen LogP contribution in [0.4, 0.5) is 0 Å². The van der Waals surface area contributed by atoms with E-state index in [1.807, 2.05) is 13.8 Å². The number of Topliss-reactive ketones (excluding diaryl/α,β-unsaturated/α-hetero) is 1. The average molecular weight is 305 g/mol. The number of carbonyl (C=O) groups excluding carboxylic acids is 2. The summed E-state index contributed by atoms with van der Waals surface area (Å²) in [5.74, 6) is -1.78. The largest absolute Gasteiger partial charge is 0.480 e. The van der Waals surface area contributed by atoms with Crippen LogP contribution in [0.1, 0.15) is 30.6 Å². The van der Waals surface area contributed by atoms with E-state index in [2.05, 4.69) is 5.32 Å². The number of ether oxygens (including phenoxy) is 1. The van der Waals surface area contributed by atoms with Gasteiger partial charge in [0, 0.05) is 5.56 Å². The van der Waals surface area contributed by atoms with Crippen LogP contribution in [0.15, 0.2) is 30.3 Å². The van der Waals surface area contributed by atoms with Gasteiger partial charge in [-0.15, -0.1) is 0 Å². The lowest BCUT2D eigenvalue weighted by molar-refractivity contribution is -0.142. The van der Waals surface area contributed by atoms with Gasteiger partial charge in [0.05, 0.1) is 0 Å². The number of epoxide rings is 1. The van der Waals surface area contributed by atoms with Crippen LogP contribution in [0.3, 0.4) is 0 Å². The summed E-state index contributed by atoms with van der Waals surface area (Å²) in [5, 5.41) is 11.5. The molecule has 1 saturated heterocycles. The Hall–Kier alpha value is -2.21. The molecule has 0 aromatic heterocycles. The van der Waals surface area contributed by atoms with Crippen molar-refractivity contribution in [3.05, 3.63) is 35.9 Å². The van der Waals surface area contributed by atoms with Crippen molar-refractivity contribution in [1.29, 1.82) is 0 Å². The zero-order valence-corrected chi connectivity index (χ0v) is 12.5. The molecule has 0 bridgehead atoms. The average Bonchev–Trinajstić information content (AvgIpc) is 3.26. The molecule has 0 aliphatic carbocycles. The Morgan fingerprint density at radius 3 is 2.36 bits per heavy atom. The van der Waals surface area contributed by atoms with Crippen molar-refractivity contribution < 1.29 is 24.2 Å². The third-order valence-corrected chi connectivity index (χ3v) is 3.39. The second kappa shape index (κ2) is 6.70. The first kappa shape index (κ1) is 16.2. The molecule has 0 spiro atoms. The minimum atomic E-state index is -1.09. The molecule has 1 aliphatic rings. The lowest BCUT2D eigenvalue weighted by Gasteiger charge is -2.15. The normalized spacial score (nSPS) is 21.2. The van der Waals surface area contributed by atoms with Crippen LogP contribution in [0, 0.1) is 5.92 Å². The van der Waals surface area contributed by atoms with Crippen LogP contribution in [0.25, 0.3) is 0 Å². The van der Waals surface area contributed by atoms with E-state index >= 15 is 0 Å². The van der Waals surface area contributed by atoms with Crippen LogP contribution in [0.2, 0.25) is 0 Å². The summed E-state index contributed by atoms with van der Waals surface area (Å²) in [4.78, 5) is 35.2. The van der Waals surface area contributed by atoms with Gasteiger partial charge < -0.3 is 15.2 Å². The molecule has 118 valence electrons. The number of hydrogen-bond acceptors (Lipinski definition) is 4. The Morgan fingerprint density at radius 1 is 1.18 bits per heavy atom. The van der Waals surface area contributed by atoms with E-state index in [1.54, 1.807) is 30.3 Å². The van der Waals surface area contributed by atoms with E-state index in [0.29, 0.717) is 12.0 Å². The molecule has 0 unspecified atom stereocenters. The van der Waals surface area contributed by atoms with Crippen LogP contribution >= 0.6 is 0 Å². The predicted molar refractivity (Wildman–Crippen MR) is 78.5 cm³/mol. The molecule has 1 heterocycles. The van der Waals surface area contributed by atoms with Gasteiger partial charge in [-0.3, -0.25) is 9.59 Å². The fourth-order valence-corrected chi connectivity index (χ4v) is 2.22. The van der Waals surface area contributed by atoms with Gasteiger partial charge in [-0.1, -0.05) is 44.2 Å². The number of carboxylic acids is 1. The highest BCUT2D eigenvalue weighted by Crippen LogP contribution is 2.26. The minimum absolute atomic E-state index is 0.128. The summed E-state index contributed by atoms with van der Waals surface area (Å²) in [5.41, 5.74) is 0.472. The zero-order valence-electron chi connectivity index (χ0n) is 12.5. The summed E-state index contributed by atoms with van der Waals surface area (Å²) in [7, 11) is 0. The number of nitrogens with one attached hydrogen (secondary N) is 1. The molecule has 2 N–H and O–H groups in total. The maximum absolute atomic E-state index is 12.1. The summed E-state index contributed by atoms with van der Waals surface area (Å²) in [6, 6.07) is 7.58. The number of amides is 1. The summed E-state index contributed by atoms with van der Waals surface area (Å²) < 4.78 is 5.13. The topological polar surface area (TPSA) is 96.0 Å². The molecule has 1 amide bonds. The number of benzene rings is 1. The first-order valence-electron chi connectivity index (χ1n) is 7.18. The predicted octanol–water partition coefficient (Wildman–Crippen LogP) is 1.25. The molecule has 3 atom stereocenters. The first-order valence-corrected chi connectivity index (χ1v) is 7.18. The third-order valence-electron chi connectivity index (χ3n) is 3.39. The van der Waals surface area contributed by atoms with Crippen molar-refractivity contribution in [2.24, 2.45) is 5.92 Å². The fraction of sp³-hybridized carbons (Fsp3) is 0.438. The lowest BCUT2D eigenvalue weighted by Crippen LogP contribution is -2.44. The second-order valence-electron chi connectivity index (χ2n) is 5.74. The molecular weight excluding hydrogens is 286 g/mol. The van der Waals surface area contributed by atoms with Crippen LogP contribution in [-0.4, -0.2) is 41.0 Å². The molecule has 0 radical (unpaired) electrons. The van der Waals surface area contributed by atoms with Gasteiger partial charge in [0.2, 0.25) is 0 Å². The van der Waals surface area contributed by atoms with Gasteiger partial charge in [-0.25, -0.2) is 4.79 Å². The number of aliphatic carboxylic acids is 1. The van der Waals surface area contributed by atoms with E-state index in [1.165, 1.54) is 0 Å². The molecule has 2 rings (SSSR count). The fourth-order valence-electron chi connectivity index (χ4n) is 2.22. The number of carbonyl (C=O) groups is 3. The molecule has 6 heteroatoms. The van der Waals surface area contributed by atoms with E-state index in [9.17, 15) is 14.4 Å². The molecule has 1 aromatic carbocycles. The molecule has 0 saturated carbocycles. The first-order chi connectivity index (χ1) is 10.4. The third kappa shape index (κ3) is 3.92. The highest BCUT2D eigenvalue weighted by atomic mass is 16.6. The van der Waals surface area contributed by atoms with Gasteiger partial charge in [0.15, 0.2) is 18.0 Å². The monoisotopic (exact) mass is 305 g/mol. The zero-order chi connectivity index (χ0) is 16.3. The SMILES string of the molecule is CC(C)C[C@H](NC(=O)[C@H]1O[C@@H]1C(=O)c1ccccc1)C(=O)O. The van der Waals surface area contributed by atoms with Crippen LogP contribution in [-0.2, 0) is 14.3 Å². The van der Waals surface area contributed by atoms with Crippen molar-refractivity contribution in [3.8, 4) is 0 Å². The number of ketones is 1. The Labute approximate surface area is 128 Å². The lowest BCUT2D eigenvalue weighted by atomic mass is 10.0. The van der Waals surface area contributed by atoms with Gasteiger partial charge in [0.1, 0.15) is 6.04 Å². The molecular formula is C16H19NO5. The molecule has 6 nitrogen and oxygen atoms in total. The highest BCUT2D eigenvalue weighted by Gasteiger charge is 2.50. The molecule has 1 aromatic rings. The number of rotatable bonds is 7. The Bertz CT molecular complexity index is 569. The van der Waals surface area contributed by atoms with Crippen molar-refractivity contribution >= 4 is 17.7 Å². The number of carboxylic acid groups (broad SMARTS) is 1. The van der Waals surface area contributed by atoms with Crippen molar-refractivity contribution in [3.63, 3.8) is 0 Å². The smallest absolute Gasteiger partial charge is 0.326 e. The van der Waals surface area contributed by atoms with Gasteiger partial charge >= 0.3 is 5.97 Å². The second-order valence-corrected chi connectivity index (χ2v) is 5.74. The van der Waals surface area contributed by atoms with E-state index in [0.717, 1.165) is 0 Å². The Balaban J connectivity index is 1.92. The van der Waals surface area contributed by atoms with Crippen LogP contribution < -0.4 is 5.32 Å². The van der Waals surface area contributed by atoms with E-state index in [-0.39, 0.29) is 11.7 Å². The van der Waals surface area contributed by atoms with E-state index < -0.39 is 30.1 Å². The Kier molecular flexibility index (Phi) is 4.92. The summed E-state index contributed by atoms with van der Waals surface area (Å²) in [6.45, 7) is 3.74. The maximum Gasteiger partial charge on any atom is 0.326 e. The standard InChI is InChI=1S/C16H19NO5/c1-9(2)8-11(16(20)21)17-15(19)14-13(22-14)12(18)10-6-4-3-5-7-10/h3-7,9,11,13-14H,8H2,1-2H3,(H,17,19)(H,20,21)/t11-,13+,14-/m0/s1. The van der Waals surface area contributed by atoms with Gasteiger partial charge in [-0.2, -0.15) is 0 Å². The number of hydrogen-bond donors (Lipinski definition) is 2. The minimum Gasteiger partial charge on any atom is -0.480 e. The molecule has 1 fully saturated rings.